The largest absolute Gasteiger partial charge is 0.340 e. The summed E-state index contributed by atoms with van der Waals surface area (Å²) in [7, 11) is 0. The Morgan fingerprint density at radius 1 is 1.28 bits per heavy atom. The Balaban J connectivity index is 2.15. The van der Waals surface area contributed by atoms with Gasteiger partial charge in [-0.1, -0.05) is 0 Å². The van der Waals surface area contributed by atoms with Gasteiger partial charge >= 0.3 is 0 Å². The molecule has 0 amide bonds. The maximum Gasteiger partial charge on any atom is 0.159 e. The van der Waals surface area contributed by atoms with Crippen molar-refractivity contribution < 1.29 is 4.79 Å². The molecule has 0 aliphatic heterocycles. The van der Waals surface area contributed by atoms with E-state index in [9.17, 15) is 4.79 Å². The monoisotopic (exact) mass is 242 g/mol. The molecule has 0 bridgehead atoms. The van der Waals surface area contributed by atoms with Crippen molar-refractivity contribution in [1.29, 1.82) is 0 Å². The van der Waals surface area contributed by atoms with Crippen molar-refractivity contribution in [3.63, 3.8) is 0 Å². The van der Waals surface area contributed by atoms with E-state index in [1.165, 1.54) is 0 Å². The number of ketones is 1. The van der Waals surface area contributed by atoms with Crippen LogP contribution in [0.2, 0.25) is 0 Å². The Bertz CT molecular complexity index is 551. The zero-order valence-electron chi connectivity index (χ0n) is 10.1. The SMILES string of the molecule is CC(=O)c1ccc(Nc2ccnc(CN)n2)cc1. The van der Waals surface area contributed by atoms with Crippen LogP contribution in [0.25, 0.3) is 0 Å². The van der Waals surface area contributed by atoms with Gasteiger partial charge in [-0.15, -0.1) is 0 Å². The molecule has 18 heavy (non-hydrogen) atoms. The van der Waals surface area contributed by atoms with Crippen molar-refractivity contribution in [2.45, 2.75) is 13.5 Å². The Morgan fingerprint density at radius 3 is 2.61 bits per heavy atom. The van der Waals surface area contributed by atoms with Crippen molar-refractivity contribution in [3.8, 4) is 0 Å². The molecule has 2 aromatic rings. The first kappa shape index (κ1) is 12.2. The summed E-state index contributed by atoms with van der Waals surface area (Å²) in [6, 6.07) is 8.98. The number of hydrogen-bond acceptors (Lipinski definition) is 5. The maximum atomic E-state index is 11.1. The maximum absolute atomic E-state index is 11.1. The van der Waals surface area contributed by atoms with Crippen LogP contribution in [-0.4, -0.2) is 15.8 Å². The molecule has 0 aliphatic carbocycles. The van der Waals surface area contributed by atoms with E-state index < -0.39 is 0 Å². The summed E-state index contributed by atoms with van der Waals surface area (Å²) in [5.74, 6) is 1.32. The van der Waals surface area contributed by atoms with E-state index in [1.54, 1.807) is 31.3 Å². The van der Waals surface area contributed by atoms with Crippen LogP contribution in [0.5, 0.6) is 0 Å². The fourth-order valence-corrected chi connectivity index (χ4v) is 1.50. The van der Waals surface area contributed by atoms with Crippen LogP contribution in [0.4, 0.5) is 11.5 Å². The van der Waals surface area contributed by atoms with Crippen LogP contribution < -0.4 is 11.1 Å². The molecule has 0 aliphatic rings. The van der Waals surface area contributed by atoms with Crippen molar-refractivity contribution in [3.05, 3.63) is 47.9 Å². The molecule has 0 radical (unpaired) electrons. The normalized spacial score (nSPS) is 10.1. The minimum atomic E-state index is 0.0500. The van der Waals surface area contributed by atoms with Crippen LogP contribution in [-0.2, 0) is 6.54 Å². The molecular formula is C13H14N4O. The number of nitrogens with zero attached hydrogens (tertiary/aromatic N) is 2. The number of carbonyl (C=O) groups is 1. The summed E-state index contributed by atoms with van der Waals surface area (Å²) in [5.41, 5.74) is 7.02. The fourth-order valence-electron chi connectivity index (χ4n) is 1.50. The van der Waals surface area contributed by atoms with Crippen molar-refractivity contribution in [1.82, 2.24) is 9.97 Å². The molecule has 1 aromatic heterocycles. The Kier molecular flexibility index (Phi) is 3.64. The Labute approximate surface area is 105 Å². The van der Waals surface area contributed by atoms with E-state index in [0.29, 0.717) is 23.8 Å². The van der Waals surface area contributed by atoms with Gasteiger partial charge in [0, 0.05) is 17.4 Å². The first-order valence-electron chi connectivity index (χ1n) is 5.59. The lowest BCUT2D eigenvalue weighted by Gasteiger charge is -2.06. The van der Waals surface area contributed by atoms with Crippen molar-refractivity contribution in [2.24, 2.45) is 5.73 Å². The van der Waals surface area contributed by atoms with Gasteiger partial charge in [0.1, 0.15) is 11.6 Å². The van der Waals surface area contributed by atoms with E-state index in [0.717, 1.165) is 5.69 Å². The van der Waals surface area contributed by atoms with Gasteiger partial charge in [-0.25, -0.2) is 9.97 Å². The van der Waals surface area contributed by atoms with Crippen LogP contribution in [0.1, 0.15) is 23.1 Å². The van der Waals surface area contributed by atoms with Crippen LogP contribution in [0.15, 0.2) is 36.5 Å². The highest BCUT2D eigenvalue weighted by atomic mass is 16.1. The van der Waals surface area contributed by atoms with Gasteiger partial charge in [0.2, 0.25) is 0 Å². The van der Waals surface area contributed by atoms with E-state index >= 15 is 0 Å². The highest BCUT2D eigenvalue weighted by molar-refractivity contribution is 5.94. The number of anilines is 2. The zero-order valence-corrected chi connectivity index (χ0v) is 10.1. The quantitative estimate of drug-likeness (QED) is 0.800. The molecule has 0 saturated heterocycles. The summed E-state index contributed by atoms with van der Waals surface area (Å²) in [4.78, 5) is 19.4. The standard InChI is InChI=1S/C13H14N4O/c1-9(18)10-2-4-11(5-3-10)16-12-6-7-15-13(8-14)17-12/h2-7H,8,14H2,1H3,(H,15,16,17). The molecule has 0 unspecified atom stereocenters. The number of benzene rings is 1. The van der Waals surface area contributed by atoms with Gasteiger partial charge in [-0.2, -0.15) is 0 Å². The average molecular weight is 242 g/mol. The number of Topliss-reactive ketones (excluding diaryl/α,β-unsaturated/α-hetero) is 1. The highest BCUT2D eigenvalue weighted by Gasteiger charge is 2.01. The third kappa shape index (κ3) is 2.89. The summed E-state index contributed by atoms with van der Waals surface area (Å²) in [6.07, 6.45) is 1.65. The molecule has 5 heteroatoms. The van der Waals surface area contributed by atoms with Crippen LogP contribution in [0, 0.1) is 0 Å². The van der Waals surface area contributed by atoms with Gasteiger partial charge in [-0.05, 0) is 37.3 Å². The first-order valence-corrected chi connectivity index (χ1v) is 5.59. The van der Waals surface area contributed by atoms with Crippen molar-refractivity contribution in [2.75, 3.05) is 5.32 Å². The molecular weight excluding hydrogens is 228 g/mol. The Morgan fingerprint density at radius 2 is 2.00 bits per heavy atom. The van der Waals surface area contributed by atoms with Gasteiger partial charge in [-0.3, -0.25) is 4.79 Å². The summed E-state index contributed by atoms with van der Waals surface area (Å²) in [6.45, 7) is 1.85. The molecule has 3 N–H and O–H groups in total. The van der Waals surface area contributed by atoms with Crippen LogP contribution in [0.3, 0.4) is 0 Å². The molecule has 0 atom stereocenters. The molecule has 1 heterocycles. The predicted molar refractivity (Wildman–Crippen MR) is 69.7 cm³/mol. The topological polar surface area (TPSA) is 80.9 Å². The van der Waals surface area contributed by atoms with E-state index in [2.05, 4.69) is 15.3 Å². The number of aromatic nitrogens is 2. The van der Waals surface area contributed by atoms with Gasteiger partial charge in [0.25, 0.3) is 0 Å². The first-order chi connectivity index (χ1) is 8.69. The predicted octanol–water partition coefficient (Wildman–Crippen LogP) is 1.88. The van der Waals surface area contributed by atoms with Gasteiger partial charge < -0.3 is 11.1 Å². The van der Waals surface area contributed by atoms with Gasteiger partial charge in [0.05, 0.1) is 6.54 Å². The van der Waals surface area contributed by atoms with E-state index in [4.69, 9.17) is 5.73 Å². The molecule has 5 nitrogen and oxygen atoms in total. The van der Waals surface area contributed by atoms with E-state index in [1.807, 2.05) is 12.1 Å². The molecule has 0 spiro atoms. The Hall–Kier alpha value is -2.27. The lowest BCUT2D eigenvalue weighted by atomic mass is 10.1. The number of nitrogens with one attached hydrogen (secondary N) is 1. The lowest BCUT2D eigenvalue weighted by Crippen LogP contribution is -2.04. The number of rotatable bonds is 4. The minimum absolute atomic E-state index is 0.0500. The molecule has 2 rings (SSSR count). The minimum Gasteiger partial charge on any atom is -0.340 e. The fraction of sp³-hybridized carbons (Fsp3) is 0.154. The second-order valence-electron chi connectivity index (χ2n) is 3.82. The molecule has 0 saturated carbocycles. The molecule has 0 fully saturated rings. The summed E-state index contributed by atoms with van der Waals surface area (Å²) in [5, 5.41) is 3.13. The highest BCUT2D eigenvalue weighted by Crippen LogP contribution is 2.15. The smallest absolute Gasteiger partial charge is 0.159 e. The number of hydrogen-bond donors (Lipinski definition) is 2. The third-order valence-electron chi connectivity index (χ3n) is 2.45. The molecule has 1 aromatic carbocycles. The summed E-state index contributed by atoms with van der Waals surface area (Å²) < 4.78 is 0. The summed E-state index contributed by atoms with van der Waals surface area (Å²) >= 11 is 0. The average Bonchev–Trinajstić information content (AvgIpc) is 2.39. The third-order valence-corrected chi connectivity index (χ3v) is 2.45. The second-order valence-corrected chi connectivity index (χ2v) is 3.82. The number of nitrogens with two attached hydrogens (primary N) is 1. The second kappa shape index (κ2) is 5.37. The zero-order chi connectivity index (χ0) is 13.0. The molecule has 92 valence electrons. The number of carbonyl (C=O) groups excluding carboxylic acids is 1. The van der Waals surface area contributed by atoms with Crippen LogP contribution >= 0.6 is 0 Å². The van der Waals surface area contributed by atoms with Gasteiger partial charge in [0.15, 0.2) is 5.78 Å². The lowest BCUT2D eigenvalue weighted by molar-refractivity contribution is 0.101. The van der Waals surface area contributed by atoms with Crippen molar-refractivity contribution >= 4 is 17.3 Å². The van der Waals surface area contributed by atoms with E-state index in [-0.39, 0.29) is 5.78 Å².